The number of allylic oxidation sites excluding steroid dienone is 2. The number of amides is 2. The Kier molecular flexibility index (Phi) is 2.08. The molecule has 0 radical (unpaired) electrons. The molecular weight excluding hydrogens is 214 g/mol. The second-order valence-electron chi connectivity index (χ2n) is 6.18. The Balaban J connectivity index is 1.98. The molecule has 0 spiro atoms. The summed E-state index contributed by atoms with van der Waals surface area (Å²) in [7, 11) is 0. The maximum Gasteiger partial charge on any atom is 0.234 e. The monoisotopic (exact) mass is 233 g/mol. The van der Waals surface area contributed by atoms with Crippen molar-refractivity contribution in [2.24, 2.45) is 23.7 Å². The summed E-state index contributed by atoms with van der Waals surface area (Å²) in [5, 5.41) is 0. The molecule has 2 fully saturated rings. The Morgan fingerprint density at radius 1 is 1.18 bits per heavy atom. The fraction of sp³-hybridized carbons (Fsp3) is 0.714. The van der Waals surface area contributed by atoms with E-state index in [1.165, 1.54) is 0 Å². The summed E-state index contributed by atoms with van der Waals surface area (Å²) < 4.78 is 0. The topological polar surface area (TPSA) is 37.4 Å². The number of hydrogen-bond donors (Lipinski definition) is 0. The van der Waals surface area contributed by atoms with Crippen LogP contribution in [0.3, 0.4) is 0 Å². The zero-order valence-electron chi connectivity index (χ0n) is 10.6. The second-order valence-corrected chi connectivity index (χ2v) is 6.18. The number of rotatable bonds is 2. The minimum Gasteiger partial charge on any atom is -0.276 e. The fourth-order valence-electron chi connectivity index (χ4n) is 3.66. The molecule has 0 aromatic rings. The summed E-state index contributed by atoms with van der Waals surface area (Å²) in [6.07, 6.45) is 6.10. The van der Waals surface area contributed by atoms with E-state index in [0.29, 0.717) is 11.8 Å². The van der Waals surface area contributed by atoms with Crippen molar-refractivity contribution in [1.82, 2.24) is 4.90 Å². The minimum absolute atomic E-state index is 0.0525. The Labute approximate surface area is 102 Å². The summed E-state index contributed by atoms with van der Waals surface area (Å²) in [6.45, 7) is 6.00. The Bertz CT molecular complexity index is 394. The highest BCUT2D eigenvalue weighted by Crippen LogP contribution is 2.53. The molecule has 2 amide bonds. The van der Waals surface area contributed by atoms with Crippen LogP contribution in [0.2, 0.25) is 0 Å². The first-order valence-electron chi connectivity index (χ1n) is 6.53. The van der Waals surface area contributed by atoms with Crippen LogP contribution >= 0.6 is 0 Å². The second kappa shape index (κ2) is 3.21. The molecule has 1 heterocycles. The number of imide groups is 1. The molecule has 1 saturated heterocycles. The lowest BCUT2D eigenvalue weighted by molar-refractivity contribution is -0.147. The zero-order chi connectivity index (χ0) is 12.4. The molecule has 1 saturated carbocycles. The highest BCUT2D eigenvalue weighted by Gasteiger charge is 2.61. The van der Waals surface area contributed by atoms with E-state index >= 15 is 0 Å². The highest BCUT2D eigenvalue weighted by atomic mass is 16.2. The van der Waals surface area contributed by atoms with E-state index in [0.717, 1.165) is 12.8 Å². The fourth-order valence-corrected chi connectivity index (χ4v) is 3.66. The van der Waals surface area contributed by atoms with Crippen LogP contribution in [0, 0.1) is 23.7 Å². The number of nitrogens with zero attached hydrogens (tertiary/aromatic N) is 1. The van der Waals surface area contributed by atoms with Crippen molar-refractivity contribution in [3.05, 3.63) is 12.2 Å². The van der Waals surface area contributed by atoms with Crippen molar-refractivity contribution in [2.45, 2.75) is 39.2 Å². The number of fused-ring (bicyclic) bond motifs is 5. The van der Waals surface area contributed by atoms with E-state index in [-0.39, 0.29) is 29.2 Å². The van der Waals surface area contributed by atoms with E-state index in [1.807, 2.05) is 20.8 Å². The zero-order valence-corrected chi connectivity index (χ0v) is 10.6. The Morgan fingerprint density at radius 3 is 2.06 bits per heavy atom. The van der Waals surface area contributed by atoms with Crippen molar-refractivity contribution in [2.75, 3.05) is 0 Å². The summed E-state index contributed by atoms with van der Waals surface area (Å²) >= 11 is 0. The van der Waals surface area contributed by atoms with E-state index in [4.69, 9.17) is 0 Å². The van der Waals surface area contributed by atoms with Gasteiger partial charge in [-0.2, -0.15) is 0 Å². The third kappa shape index (κ3) is 1.23. The average molecular weight is 233 g/mol. The normalized spacial score (nSPS) is 39.4. The molecule has 2 bridgehead atoms. The number of carbonyl (C=O) groups is 2. The van der Waals surface area contributed by atoms with Gasteiger partial charge in [0.2, 0.25) is 11.8 Å². The average Bonchev–Trinajstić information content (AvgIpc) is 2.92. The lowest BCUT2D eigenvalue weighted by Gasteiger charge is -2.34. The maximum absolute atomic E-state index is 12.5. The van der Waals surface area contributed by atoms with Gasteiger partial charge < -0.3 is 0 Å². The van der Waals surface area contributed by atoms with Crippen molar-refractivity contribution in [1.29, 1.82) is 0 Å². The van der Waals surface area contributed by atoms with E-state index in [9.17, 15) is 9.59 Å². The van der Waals surface area contributed by atoms with Gasteiger partial charge in [0.1, 0.15) is 0 Å². The molecule has 0 unspecified atom stereocenters. The quantitative estimate of drug-likeness (QED) is 0.540. The van der Waals surface area contributed by atoms with Gasteiger partial charge in [-0.3, -0.25) is 14.5 Å². The molecule has 0 N–H and O–H groups in total. The summed E-state index contributed by atoms with van der Waals surface area (Å²) in [4.78, 5) is 26.5. The van der Waals surface area contributed by atoms with Crippen LogP contribution in [0.25, 0.3) is 0 Å². The molecule has 3 rings (SSSR count). The summed E-state index contributed by atoms with van der Waals surface area (Å²) in [5.74, 6) is 0.678. The first-order valence-corrected chi connectivity index (χ1v) is 6.53. The predicted molar refractivity (Wildman–Crippen MR) is 63.9 cm³/mol. The molecule has 0 aromatic heterocycles. The Hall–Kier alpha value is -1.12. The smallest absolute Gasteiger partial charge is 0.234 e. The van der Waals surface area contributed by atoms with Gasteiger partial charge in [0, 0.05) is 5.54 Å². The van der Waals surface area contributed by atoms with Gasteiger partial charge in [-0.25, -0.2) is 0 Å². The van der Waals surface area contributed by atoms with Crippen molar-refractivity contribution in [3.8, 4) is 0 Å². The molecule has 4 atom stereocenters. The van der Waals surface area contributed by atoms with Crippen LogP contribution < -0.4 is 0 Å². The minimum atomic E-state index is -0.335. The molecule has 2 aliphatic carbocycles. The molecule has 3 aliphatic rings. The van der Waals surface area contributed by atoms with Gasteiger partial charge in [-0.05, 0) is 38.5 Å². The molecule has 17 heavy (non-hydrogen) atoms. The third-order valence-corrected chi connectivity index (χ3v) is 4.94. The van der Waals surface area contributed by atoms with Crippen LogP contribution in [0.4, 0.5) is 0 Å². The van der Waals surface area contributed by atoms with Crippen molar-refractivity contribution >= 4 is 11.8 Å². The van der Waals surface area contributed by atoms with Crippen LogP contribution in [0.5, 0.6) is 0 Å². The first kappa shape index (κ1) is 11.0. The molecule has 3 nitrogen and oxygen atoms in total. The molecule has 3 heteroatoms. The maximum atomic E-state index is 12.5. The standard InChI is InChI=1S/C14H19NO2/c1-4-14(2,3)15-12(16)10-8-5-6-9(7-8)11(10)13(15)17/h5-6,8-11H,4,7H2,1-3H3/t8-,9+,10-,11-/m0/s1. The Morgan fingerprint density at radius 2 is 1.65 bits per heavy atom. The van der Waals surface area contributed by atoms with Crippen LogP contribution in [-0.4, -0.2) is 22.3 Å². The molecule has 1 aliphatic heterocycles. The molecule has 0 aromatic carbocycles. The van der Waals surface area contributed by atoms with Crippen molar-refractivity contribution in [3.63, 3.8) is 0 Å². The lowest BCUT2D eigenvalue weighted by atomic mass is 9.85. The van der Waals surface area contributed by atoms with Gasteiger partial charge in [-0.15, -0.1) is 0 Å². The van der Waals surface area contributed by atoms with Crippen LogP contribution in [0.1, 0.15) is 33.6 Å². The van der Waals surface area contributed by atoms with Crippen LogP contribution in [0.15, 0.2) is 12.2 Å². The third-order valence-electron chi connectivity index (χ3n) is 4.94. The number of likely N-dealkylation sites (tertiary alicyclic amines) is 1. The summed E-state index contributed by atoms with van der Waals surface area (Å²) in [6, 6.07) is 0. The first-order chi connectivity index (χ1) is 7.97. The van der Waals surface area contributed by atoms with Crippen molar-refractivity contribution < 1.29 is 9.59 Å². The number of hydrogen-bond acceptors (Lipinski definition) is 2. The van der Waals surface area contributed by atoms with Gasteiger partial charge in [0.05, 0.1) is 11.8 Å². The highest BCUT2D eigenvalue weighted by molar-refractivity contribution is 6.07. The number of carbonyl (C=O) groups excluding carboxylic acids is 2. The molecular formula is C14H19NO2. The van der Waals surface area contributed by atoms with Gasteiger partial charge in [0.15, 0.2) is 0 Å². The van der Waals surface area contributed by atoms with Crippen LogP contribution in [-0.2, 0) is 9.59 Å². The van der Waals surface area contributed by atoms with E-state index in [1.54, 1.807) is 4.90 Å². The predicted octanol–water partition coefficient (Wildman–Crippen LogP) is 1.98. The van der Waals surface area contributed by atoms with E-state index < -0.39 is 0 Å². The molecule has 92 valence electrons. The summed E-state index contributed by atoms with van der Waals surface area (Å²) in [5.41, 5.74) is -0.335. The van der Waals surface area contributed by atoms with Gasteiger partial charge >= 0.3 is 0 Å². The largest absolute Gasteiger partial charge is 0.276 e. The lowest BCUT2D eigenvalue weighted by Crippen LogP contribution is -2.48. The SMILES string of the molecule is CCC(C)(C)N1C(=O)[C@@H]2[C@@H](C1=O)[C@H]1C=C[C@@H]2C1. The van der Waals surface area contributed by atoms with Gasteiger partial charge in [0.25, 0.3) is 0 Å². The van der Waals surface area contributed by atoms with Gasteiger partial charge in [-0.1, -0.05) is 19.1 Å². The van der Waals surface area contributed by atoms with E-state index in [2.05, 4.69) is 12.2 Å².